The van der Waals surface area contributed by atoms with Crippen LogP contribution in [0.3, 0.4) is 0 Å². The summed E-state index contributed by atoms with van der Waals surface area (Å²) in [6.45, 7) is 1.73. The molecule has 1 unspecified atom stereocenters. The summed E-state index contributed by atoms with van der Waals surface area (Å²) in [6, 6.07) is 27.5. The second kappa shape index (κ2) is 12.0. The maximum Gasteiger partial charge on any atom is 0.339 e. The maximum absolute atomic E-state index is 13.3. The molecule has 0 saturated heterocycles. The number of ether oxygens (including phenoxy) is 2. The molecule has 0 heterocycles. The minimum Gasteiger partial charge on any atom is -0.496 e. The van der Waals surface area contributed by atoms with Gasteiger partial charge >= 0.3 is 5.97 Å². The first-order valence-corrected chi connectivity index (χ1v) is 10.9. The summed E-state index contributed by atoms with van der Waals surface area (Å²) in [5.41, 5.74) is 2.30. The van der Waals surface area contributed by atoms with Crippen LogP contribution in [0.15, 0.2) is 84.9 Å². The van der Waals surface area contributed by atoms with E-state index in [2.05, 4.69) is 6.07 Å². The lowest BCUT2D eigenvalue weighted by molar-refractivity contribution is -0.148. The number of esters is 1. The fourth-order valence-corrected chi connectivity index (χ4v) is 3.45. The van der Waals surface area contributed by atoms with Gasteiger partial charge in [0, 0.05) is 17.8 Å². The van der Waals surface area contributed by atoms with Crippen LogP contribution in [-0.4, -0.2) is 31.6 Å². The standard InChI is InChI=1S/C28H26N2O4/c1-21(27(31)30(19-11-18-29)24-15-7-4-8-16-24)34-28(32)25(22-12-5-3-6-13-22)20-23-14-9-10-17-26(23)33-2/h3-10,12-17,20-21H,11,19H2,1-2H3/b25-20+. The van der Waals surface area contributed by atoms with E-state index < -0.39 is 18.0 Å². The molecule has 0 aromatic heterocycles. The number of para-hydroxylation sites is 2. The lowest BCUT2D eigenvalue weighted by atomic mass is 10.0. The number of anilines is 1. The van der Waals surface area contributed by atoms with Crippen molar-refractivity contribution in [3.05, 3.63) is 96.1 Å². The fraction of sp³-hybridized carbons (Fsp3) is 0.179. The highest BCUT2D eigenvalue weighted by Crippen LogP contribution is 2.26. The highest BCUT2D eigenvalue weighted by atomic mass is 16.5. The molecule has 0 aliphatic heterocycles. The number of benzene rings is 3. The second-order valence-corrected chi connectivity index (χ2v) is 7.45. The van der Waals surface area contributed by atoms with Crippen LogP contribution >= 0.6 is 0 Å². The predicted octanol–water partition coefficient (Wildman–Crippen LogP) is 5.11. The first-order valence-electron chi connectivity index (χ1n) is 10.9. The molecule has 34 heavy (non-hydrogen) atoms. The minimum atomic E-state index is -1.06. The molecule has 3 aromatic rings. The molecule has 0 N–H and O–H groups in total. The Labute approximate surface area is 199 Å². The molecular weight excluding hydrogens is 428 g/mol. The van der Waals surface area contributed by atoms with Crippen molar-refractivity contribution in [2.45, 2.75) is 19.4 Å². The lowest BCUT2D eigenvalue weighted by Gasteiger charge is -2.25. The van der Waals surface area contributed by atoms with E-state index >= 15 is 0 Å². The summed E-state index contributed by atoms with van der Waals surface area (Å²) in [7, 11) is 1.56. The number of nitrogens with zero attached hydrogens (tertiary/aromatic N) is 2. The van der Waals surface area contributed by atoms with Gasteiger partial charge in [-0.25, -0.2) is 4.79 Å². The van der Waals surface area contributed by atoms with Crippen LogP contribution < -0.4 is 9.64 Å². The van der Waals surface area contributed by atoms with Crippen molar-refractivity contribution in [2.75, 3.05) is 18.6 Å². The number of methoxy groups -OCH3 is 1. The van der Waals surface area contributed by atoms with Gasteiger partial charge < -0.3 is 14.4 Å². The molecule has 0 aliphatic carbocycles. The highest BCUT2D eigenvalue weighted by Gasteiger charge is 2.26. The molecule has 0 spiro atoms. The average Bonchev–Trinajstić information content (AvgIpc) is 2.88. The van der Waals surface area contributed by atoms with E-state index in [0.717, 1.165) is 0 Å². The van der Waals surface area contributed by atoms with Crippen molar-refractivity contribution in [1.82, 2.24) is 0 Å². The summed E-state index contributed by atoms with van der Waals surface area (Å²) in [4.78, 5) is 27.9. The van der Waals surface area contributed by atoms with Crippen LogP contribution in [0.1, 0.15) is 24.5 Å². The molecule has 3 aromatic carbocycles. The van der Waals surface area contributed by atoms with Gasteiger partial charge in [0.15, 0.2) is 6.10 Å². The summed E-state index contributed by atoms with van der Waals surface area (Å²) in [6.07, 6.45) is 0.791. The van der Waals surface area contributed by atoms with Gasteiger partial charge in [0.1, 0.15) is 5.75 Å². The zero-order valence-electron chi connectivity index (χ0n) is 19.2. The molecule has 0 radical (unpaired) electrons. The highest BCUT2D eigenvalue weighted by molar-refractivity contribution is 6.22. The van der Waals surface area contributed by atoms with E-state index in [1.54, 1.807) is 43.5 Å². The van der Waals surface area contributed by atoms with E-state index in [9.17, 15) is 9.59 Å². The minimum absolute atomic E-state index is 0.157. The van der Waals surface area contributed by atoms with Gasteiger partial charge in [0.05, 0.1) is 25.2 Å². The fourth-order valence-electron chi connectivity index (χ4n) is 3.45. The third-order valence-electron chi connectivity index (χ3n) is 5.16. The van der Waals surface area contributed by atoms with Crippen molar-refractivity contribution >= 4 is 29.2 Å². The van der Waals surface area contributed by atoms with Gasteiger partial charge in [0.2, 0.25) is 0 Å². The number of carbonyl (C=O) groups excluding carboxylic acids is 2. The largest absolute Gasteiger partial charge is 0.496 e. The molecular formula is C28H26N2O4. The van der Waals surface area contributed by atoms with E-state index in [1.807, 2.05) is 54.6 Å². The number of amides is 1. The van der Waals surface area contributed by atoms with Gasteiger partial charge in [-0.2, -0.15) is 5.26 Å². The average molecular weight is 455 g/mol. The number of rotatable bonds is 9. The van der Waals surface area contributed by atoms with Crippen molar-refractivity contribution in [3.63, 3.8) is 0 Å². The normalized spacial score (nSPS) is 11.7. The number of carbonyl (C=O) groups is 2. The molecule has 1 amide bonds. The van der Waals surface area contributed by atoms with Crippen LogP contribution in [0.4, 0.5) is 5.69 Å². The van der Waals surface area contributed by atoms with E-state index in [1.165, 1.54) is 11.8 Å². The number of nitriles is 1. The molecule has 6 nitrogen and oxygen atoms in total. The van der Waals surface area contributed by atoms with Crippen LogP contribution in [0.25, 0.3) is 11.6 Å². The maximum atomic E-state index is 13.3. The van der Waals surface area contributed by atoms with Crippen LogP contribution in [0, 0.1) is 11.3 Å². The first-order chi connectivity index (χ1) is 16.5. The summed E-state index contributed by atoms with van der Waals surface area (Å²) >= 11 is 0. The Morgan fingerprint density at radius 2 is 1.59 bits per heavy atom. The van der Waals surface area contributed by atoms with Crippen molar-refractivity contribution in [3.8, 4) is 11.8 Å². The van der Waals surface area contributed by atoms with Crippen LogP contribution in [0.5, 0.6) is 5.75 Å². The summed E-state index contributed by atoms with van der Waals surface area (Å²) < 4.78 is 11.1. The molecule has 1 atom stereocenters. The van der Waals surface area contributed by atoms with Gasteiger partial charge in [-0.05, 0) is 36.8 Å². The number of hydrogen-bond donors (Lipinski definition) is 0. The molecule has 3 rings (SSSR count). The van der Waals surface area contributed by atoms with E-state index in [0.29, 0.717) is 28.1 Å². The Hall–Kier alpha value is -4.37. The Morgan fingerprint density at radius 3 is 2.24 bits per heavy atom. The molecule has 0 saturated carbocycles. The Balaban J connectivity index is 1.89. The smallest absolute Gasteiger partial charge is 0.339 e. The van der Waals surface area contributed by atoms with E-state index in [4.69, 9.17) is 14.7 Å². The zero-order valence-corrected chi connectivity index (χ0v) is 19.2. The molecule has 0 bridgehead atoms. The molecule has 0 fully saturated rings. The van der Waals surface area contributed by atoms with E-state index in [-0.39, 0.29) is 13.0 Å². The Morgan fingerprint density at radius 1 is 0.971 bits per heavy atom. The van der Waals surface area contributed by atoms with Crippen LogP contribution in [-0.2, 0) is 14.3 Å². The summed E-state index contributed by atoms with van der Waals surface area (Å²) in [5, 5.41) is 9.02. The van der Waals surface area contributed by atoms with Gasteiger partial charge in [-0.15, -0.1) is 0 Å². The monoisotopic (exact) mass is 454 g/mol. The Kier molecular flexibility index (Phi) is 8.59. The molecule has 172 valence electrons. The zero-order chi connectivity index (χ0) is 24.3. The van der Waals surface area contributed by atoms with Crippen molar-refractivity contribution in [2.24, 2.45) is 0 Å². The van der Waals surface area contributed by atoms with Crippen molar-refractivity contribution in [1.29, 1.82) is 5.26 Å². The Bertz CT molecular complexity index is 1180. The van der Waals surface area contributed by atoms with Gasteiger partial charge in [-0.1, -0.05) is 66.7 Å². The predicted molar refractivity (Wildman–Crippen MR) is 132 cm³/mol. The molecule has 0 aliphatic rings. The van der Waals surface area contributed by atoms with Gasteiger partial charge in [0.25, 0.3) is 5.91 Å². The second-order valence-electron chi connectivity index (χ2n) is 7.45. The third kappa shape index (κ3) is 6.11. The quantitative estimate of drug-likeness (QED) is 0.255. The first kappa shape index (κ1) is 24.3. The van der Waals surface area contributed by atoms with Crippen molar-refractivity contribution < 1.29 is 19.1 Å². The van der Waals surface area contributed by atoms with Crippen LogP contribution in [0.2, 0.25) is 0 Å². The molecule has 6 heteroatoms. The lowest BCUT2D eigenvalue weighted by Crippen LogP contribution is -2.40. The SMILES string of the molecule is COc1ccccc1/C=C(/C(=O)OC(C)C(=O)N(CCC#N)c1ccccc1)c1ccccc1. The third-order valence-corrected chi connectivity index (χ3v) is 5.16. The topological polar surface area (TPSA) is 79.6 Å². The number of hydrogen-bond acceptors (Lipinski definition) is 5. The van der Waals surface area contributed by atoms with Gasteiger partial charge in [-0.3, -0.25) is 4.79 Å². The summed E-state index contributed by atoms with van der Waals surface area (Å²) in [5.74, 6) is -0.426.